The van der Waals surface area contributed by atoms with Gasteiger partial charge in [0.1, 0.15) is 33.9 Å². The van der Waals surface area contributed by atoms with Crippen molar-refractivity contribution in [3.8, 4) is 5.75 Å². The van der Waals surface area contributed by atoms with Crippen LogP contribution in [0.4, 0.5) is 0 Å². The highest BCUT2D eigenvalue weighted by atomic mass is 32.2. The SMILES string of the molecule is N[C@@H](C(=O)N[C@H]1C(=O)N2C(C(=O)O)=C(CSc3cn[nH]n3)CS[C@@H]12)c1ccc(O)cc1. The number of nitrogens with two attached hydrogens (primary N) is 1. The maximum absolute atomic E-state index is 12.7. The average Bonchev–Trinajstić information content (AvgIpc) is 3.28. The van der Waals surface area contributed by atoms with E-state index in [-0.39, 0.29) is 11.4 Å². The predicted molar refractivity (Wildman–Crippen MR) is 112 cm³/mol. The van der Waals surface area contributed by atoms with Crippen molar-refractivity contribution in [2.45, 2.75) is 22.5 Å². The van der Waals surface area contributed by atoms with Crippen LogP contribution in [0, 0.1) is 0 Å². The maximum atomic E-state index is 12.7. The number of carboxylic acids is 1. The molecule has 11 nitrogen and oxygen atoms in total. The molecule has 0 aliphatic carbocycles. The van der Waals surface area contributed by atoms with Crippen LogP contribution in [0.3, 0.4) is 0 Å². The third kappa shape index (κ3) is 4.11. The number of fused-ring (bicyclic) bond motifs is 1. The molecule has 2 aromatic rings. The van der Waals surface area contributed by atoms with E-state index in [0.717, 1.165) is 0 Å². The molecular formula is C18H18N6O5S2. The number of aliphatic carboxylic acids is 1. The van der Waals surface area contributed by atoms with Crippen molar-refractivity contribution >= 4 is 41.3 Å². The molecular weight excluding hydrogens is 444 g/mol. The van der Waals surface area contributed by atoms with E-state index in [2.05, 4.69) is 20.7 Å². The second-order valence-corrected chi connectivity index (χ2v) is 8.92. The van der Waals surface area contributed by atoms with Gasteiger partial charge in [0.05, 0.1) is 6.20 Å². The zero-order chi connectivity index (χ0) is 22.1. The summed E-state index contributed by atoms with van der Waals surface area (Å²) >= 11 is 2.70. The quantitative estimate of drug-likeness (QED) is 0.279. The highest BCUT2D eigenvalue weighted by Gasteiger charge is 2.54. The molecule has 13 heteroatoms. The fraction of sp³-hybridized carbons (Fsp3) is 0.278. The summed E-state index contributed by atoms with van der Waals surface area (Å²) in [6, 6.07) is 3.98. The van der Waals surface area contributed by atoms with Crippen molar-refractivity contribution < 1.29 is 24.6 Å². The van der Waals surface area contributed by atoms with Gasteiger partial charge >= 0.3 is 5.97 Å². The number of hydrogen-bond acceptors (Lipinski definition) is 9. The van der Waals surface area contributed by atoms with E-state index in [1.165, 1.54) is 58.9 Å². The van der Waals surface area contributed by atoms with E-state index in [9.17, 15) is 24.6 Å². The topological polar surface area (TPSA) is 175 Å². The van der Waals surface area contributed by atoms with E-state index in [4.69, 9.17) is 5.73 Å². The van der Waals surface area contributed by atoms with Gasteiger partial charge in [-0.05, 0) is 23.3 Å². The molecule has 162 valence electrons. The largest absolute Gasteiger partial charge is 0.508 e. The van der Waals surface area contributed by atoms with Crippen LogP contribution in [-0.2, 0) is 14.4 Å². The van der Waals surface area contributed by atoms with Gasteiger partial charge in [-0.15, -0.1) is 16.9 Å². The number of rotatable bonds is 7. The Morgan fingerprint density at radius 1 is 1.39 bits per heavy atom. The van der Waals surface area contributed by atoms with E-state index >= 15 is 0 Å². The third-order valence-corrected chi connectivity index (χ3v) is 7.19. The van der Waals surface area contributed by atoms with Gasteiger partial charge in [0.15, 0.2) is 0 Å². The molecule has 1 fully saturated rings. The number of hydrogen-bond donors (Lipinski definition) is 5. The Labute approximate surface area is 184 Å². The summed E-state index contributed by atoms with van der Waals surface area (Å²) in [6.45, 7) is 0. The minimum absolute atomic E-state index is 0.0466. The lowest BCUT2D eigenvalue weighted by Crippen LogP contribution is -2.71. The number of carbonyl (C=O) groups excluding carboxylic acids is 2. The number of carbonyl (C=O) groups is 3. The molecule has 0 saturated carbocycles. The van der Waals surface area contributed by atoms with Crippen LogP contribution in [0.1, 0.15) is 11.6 Å². The molecule has 0 spiro atoms. The molecule has 1 saturated heterocycles. The number of aromatic nitrogens is 3. The Balaban J connectivity index is 1.45. The molecule has 1 aromatic heterocycles. The lowest BCUT2D eigenvalue weighted by Gasteiger charge is -2.49. The number of thioether (sulfide) groups is 2. The van der Waals surface area contributed by atoms with Gasteiger partial charge in [-0.2, -0.15) is 10.3 Å². The monoisotopic (exact) mass is 462 g/mol. The Morgan fingerprint density at radius 2 is 2.13 bits per heavy atom. The summed E-state index contributed by atoms with van der Waals surface area (Å²) in [5, 5.41) is 31.9. The highest BCUT2D eigenvalue weighted by molar-refractivity contribution is 8.01. The first kappa shape index (κ1) is 21.2. The van der Waals surface area contributed by atoms with Gasteiger partial charge in [0, 0.05) is 11.5 Å². The second-order valence-electron chi connectivity index (χ2n) is 6.82. The molecule has 0 unspecified atom stereocenters. The molecule has 2 aliphatic heterocycles. The minimum Gasteiger partial charge on any atom is -0.508 e. The molecule has 3 heterocycles. The molecule has 1 aromatic carbocycles. The van der Waals surface area contributed by atoms with E-state index < -0.39 is 35.2 Å². The van der Waals surface area contributed by atoms with Gasteiger partial charge in [-0.3, -0.25) is 14.5 Å². The van der Waals surface area contributed by atoms with Crippen LogP contribution in [-0.4, -0.2) is 71.2 Å². The maximum Gasteiger partial charge on any atom is 0.352 e. The first-order chi connectivity index (χ1) is 14.9. The summed E-state index contributed by atoms with van der Waals surface area (Å²) in [6.07, 6.45) is 1.53. The van der Waals surface area contributed by atoms with Crippen LogP contribution in [0.2, 0.25) is 0 Å². The Bertz CT molecular complexity index is 1040. The van der Waals surface area contributed by atoms with Crippen molar-refractivity contribution in [3.63, 3.8) is 0 Å². The van der Waals surface area contributed by atoms with Gasteiger partial charge in [-0.25, -0.2) is 4.79 Å². The van der Waals surface area contributed by atoms with Crippen LogP contribution >= 0.6 is 23.5 Å². The molecule has 4 rings (SSSR count). The molecule has 2 aliphatic rings. The number of nitrogens with one attached hydrogen (secondary N) is 2. The first-order valence-corrected chi connectivity index (χ1v) is 11.1. The van der Waals surface area contributed by atoms with Gasteiger partial charge < -0.3 is 21.3 Å². The first-order valence-electron chi connectivity index (χ1n) is 9.10. The number of β-lactam (4-membered cyclic amide) rings is 1. The summed E-state index contributed by atoms with van der Waals surface area (Å²) in [5.74, 6) is -1.45. The smallest absolute Gasteiger partial charge is 0.352 e. The molecule has 31 heavy (non-hydrogen) atoms. The zero-order valence-corrected chi connectivity index (χ0v) is 17.5. The minimum atomic E-state index is -1.19. The summed E-state index contributed by atoms with van der Waals surface area (Å²) in [4.78, 5) is 38.4. The number of amides is 2. The second kappa shape index (κ2) is 8.61. The lowest BCUT2D eigenvalue weighted by atomic mass is 10.0. The fourth-order valence-corrected chi connectivity index (χ4v) is 5.56. The van der Waals surface area contributed by atoms with E-state index in [1.54, 1.807) is 0 Å². The van der Waals surface area contributed by atoms with E-state index in [1.807, 2.05) is 0 Å². The van der Waals surface area contributed by atoms with Gasteiger partial charge in [-0.1, -0.05) is 23.9 Å². The molecule has 0 bridgehead atoms. The summed E-state index contributed by atoms with van der Waals surface area (Å²) in [5.41, 5.74) is 6.99. The highest BCUT2D eigenvalue weighted by Crippen LogP contribution is 2.41. The number of phenols is 1. The number of H-pyrrole nitrogens is 1. The number of aromatic amines is 1. The Kier molecular flexibility index (Phi) is 5.89. The molecule has 2 amide bonds. The van der Waals surface area contributed by atoms with Crippen molar-refractivity contribution in [1.29, 1.82) is 0 Å². The summed E-state index contributed by atoms with van der Waals surface area (Å²) < 4.78 is 0. The molecule has 3 atom stereocenters. The Hall–Kier alpha value is -3.03. The summed E-state index contributed by atoms with van der Waals surface area (Å²) in [7, 11) is 0. The predicted octanol–water partition coefficient (Wildman–Crippen LogP) is 0.0410. The number of benzene rings is 1. The van der Waals surface area contributed by atoms with Crippen LogP contribution in [0.5, 0.6) is 5.75 Å². The number of nitrogens with zero attached hydrogens (tertiary/aromatic N) is 3. The van der Waals surface area contributed by atoms with Crippen molar-refractivity contribution in [3.05, 3.63) is 47.3 Å². The normalized spacial score (nSPS) is 21.3. The zero-order valence-electron chi connectivity index (χ0n) is 15.9. The van der Waals surface area contributed by atoms with Crippen LogP contribution in [0.25, 0.3) is 0 Å². The fourth-order valence-electron chi connectivity index (χ4n) is 3.29. The van der Waals surface area contributed by atoms with Crippen molar-refractivity contribution in [2.24, 2.45) is 5.73 Å². The number of phenolic OH excluding ortho intramolecular Hbond substituents is 1. The van der Waals surface area contributed by atoms with Gasteiger partial charge in [0.25, 0.3) is 5.91 Å². The molecule has 6 N–H and O–H groups in total. The third-order valence-electron chi connectivity index (χ3n) is 4.87. The van der Waals surface area contributed by atoms with Crippen molar-refractivity contribution in [1.82, 2.24) is 25.6 Å². The van der Waals surface area contributed by atoms with E-state index in [0.29, 0.717) is 27.7 Å². The Morgan fingerprint density at radius 3 is 2.77 bits per heavy atom. The average molecular weight is 463 g/mol. The van der Waals surface area contributed by atoms with Crippen LogP contribution < -0.4 is 11.1 Å². The van der Waals surface area contributed by atoms with Crippen LogP contribution in [0.15, 0.2) is 46.8 Å². The number of aromatic hydroxyl groups is 1. The molecule has 0 radical (unpaired) electrons. The standard InChI is InChI=1S/C18H18N6O5S2/c19-12(8-1-3-10(25)4-2-8)15(26)21-13-16(27)24-14(18(28)29)9(7-31-17(13)24)6-30-11-5-20-23-22-11/h1-5,12-13,17,25H,6-7,19H2,(H,21,26)(H,28,29)(H,20,22,23)/t12-,13+,17+/m1/s1. The lowest BCUT2D eigenvalue weighted by molar-refractivity contribution is -0.150. The van der Waals surface area contributed by atoms with Crippen molar-refractivity contribution in [2.75, 3.05) is 11.5 Å². The number of carboxylic acid groups (broad SMARTS) is 1. The van der Waals surface area contributed by atoms with Gasteiger partial charge in [0.2, 0.25) is 5.91 Å².